The first-order valence-corrected chi connectivity index (χ1v) is 9.90. The zero-order valence-electron chi connectivity index (χ0n) is 13.9. The summed E-state index contributed by atoms with van der Waals surface area (Å²) in [6, 6.07) is 12.7. The van der Waals surface area contributed by atoms with Crippen LogP contribution in [0, 0.1) is 0 Å². The molecule has 2 saturated heterocycles. The molecule has 4 unspecified atom stereocenters. The van der Waals surface area contributed by atoms with Crippen LogP contribution in [0.4, 0.5) is 0 Å². The Balaban J connectivity index is 1.89. The van der Waals surface area contributed by atoms with Crippen molar-refractivity contribution in [3.63, 3.8) is 0 Å². The van der Waals surface area contributed by atoms with Gasteiger partial charge in [0.2, 0.25) is 0 Å². The molecule has 3 heterocycles. The van der Waals surface area contributed by atoms with Gasteiger partial charge in [-0.05, 0) is 50.5 Å². The van der Waals surface area contributed by atoms with E-state index in [0.717, 1.165) is 18.4 Å². The van der Waals surface area contributed by atoms with Crippen molar-refractivity contribution in [3.05, 3.63) is 60.4 Å². The summed E-state index contributed by atoms with van der Waals surface area (Å²) in [6.45, 7) is 4.20. The highest BCUT2D eigenvalue weighted by molar-refractivity contribution is 7.92. The van der Waals surface area contributed by atoms with Crippen molar-refractivity contribution >= 4 is 9.84 Å². The number of nitrogens with one attached hydrogen (secondary N) is 1. The number of nitrogens with zero attached hydrogens (tertiary/aromatic N) is 1. The number of rotatable bonds is 3. The third kappa shape index (κ3) is 2.15. The maximum Gasteiger partial charge on any atom is 0.183 e. The quantitative estimate of drug-likeness (QED) is 0.932. The molecule has 2 fully saturated rings. The van der Waals surface area contributed by atoms with Crippen LogP contribution in [0.5, 0.6) is 0 Å². The fourth-order valence-corrected chi connectivity index (χ4v) is 7.33. The zero-order valence-corrected chi connectivity index (χ0v) is 14.8. The van der Waals surface area contributed by atoms with E-state index in [4.69, 9.17) is 0 Å². The monoisotopic (exact) mass is 342 g/mol. The molecule has 126 valence electrons. The second kappa shape index (κ2) is 5.14. The molecule has 24 heavy (non-hydrogen) atoms. The molecule has 5 heteroatoms. The molecule has 0 amide bonds. The second-order valence-electron chi connectivity index (χ2n) is 7.50. The van der Waals surface area contributed by atoms with Crippen molar-refractivity contribution in [1.82, 2.24) is 10.3 Å². The number of pyridine rings is 1. The van der Waals surface area contributed by atoms with E-state index in [9.17, 15) is 8.42 Å². The fourth-order valence-electron chi connectivity index (χ4n) is 4.83. The molecule has 2 bridgehead atoms. The van der Waals surface area contributed by atoms with Crippen LogP contribution in [0.2, 0.25) is 0 Å². The number of sulfone groups is 1. The second-order valence-corrected chi connectivity index (χ2v) is 9.57. The molecule has 1 aromatic heterocycles. The highest BCUT2D eigenvalue weighted by Gasteiger charge is 2.65. The smallest absolute Gasteiger partial charge is 0.183 e. The zero-order chi connectivity index (χ0) is 17.0. The summed E-state index contributed by atoms with van der Waals surface area (Å²) in [7, 11) is -3.45. The van der Waals surface area contributed by atoms with Gasteiger partial charge in [0, 0.05) is 29.4 Å². The molecule has 1 aromatic carbocycles. The van der Waals surface area contributed by atoms with Gasteiger partial charge < -0.3 is 5.32 Å². The predicted molar refractivity (Wildman–Crippen MR) is 93.6 cm³/mol. The summed E-state index contributed by atoms with van der Waals surface area (Å²) >= 11 is 0. The molecular weight excluding hydrogens is 320 g/mol. The van der Waals surface area contributed by atoms with Gasteiger partial charge in [-0.25, -0.2) is 8.42 Å². The third-order valence-electron chi connectivity index (χ3n) is 5.80. The van der Waals surface area contributed by atoms with E-state index in [1.165, 1.54) is 0 Å². The van der Waals surface area contributed by atoms with E-state index in [2.05, 4.69) is 24.1 Å². The Labute approximate surface area is 143 Å². The molecule has 1 N–H and O–H groups in total. The summed E-state index contributed by atoms with van der Waals surface area (Å²) in [4.78, 5) is 4.64. The van der Waals surface area contributed by atoms with Crippen LogP contribution in [0.3, 0.4) is 0 Å². The van der Waals surface area contributed by atoms with Crippen LogP contribution in [0.25, 0.3) is 0 Å². The van der Waals surface area contributed by atoms with Crippen molar-refractivity contribution in [2.75, 3.05) is 0 Å². The molecule has 4 nitrogen and oxygen atoms in total. The van der Waals surface area contributed by atoms with Crippen LogP contribution >= 0.6 is 0 Å². The third-order valence-corrected chi connectivity index (χ3v) is 8.19. The molecule has 0 aliphatic carbocycles. The van der Waals surface area contributed by atoms with E-state index in [0.29, 0.717) is 4.90 Å². The average molecular weight is 342 g/mol. The number of hydrogen-bond acceptors (Lipinski definition) is 4. The molecule has 0 saturated carbocycles. The first-order chi connectivity index (χ1) is 11.4. The van der Waals surface area contributed by atoms with E-state index in [1.54, 1.807) is 30.5 Å². The predicted octanol–water partition coefficient (Wildman–Crippen LogP) is 2.92. The van der Waals surface area contributed by atoms with Crippen molar-refractivity contribution in [2.24, 2.45) is 0 Å². The molecule has 2 aliphatic heterocycles. The number of hydrogen-bond donors (Lipinski definition) is 1. The maximum absolute atomic E-state index is 13.5. The fraction of sp³-hybridized carbons (Fsp3) is 0.421. The molecule has 2 aliphatic rings. The number of fused-ring (bicyclic) bond motifs is 2. The largest absolute Gasteiger partial charge is 0.304 e. The minimum absolute atomic E-state index is 0.102. The van der Waals surface area contributed by atoms with Gasteiger partial charge in [-0.3, -0.25) is 4.98 Å². The Morgan fingerprint density at radius 3 is 2.42 bits per heavy atom. The Kier molecular flexibility index (Phi) is 3.38. The van der Waals surface area contributed by atoms with Crippen LogP contribution in [-0.4, -0.2) is 29.7 Å². The topological polar surface area (TPSA) is 59.1 Å². The number of aromatic nitrogens is 1. The van der Waals surface area contributed by atoms with Gasteiger partial charge in [0.15, 0.2) is 9.84 Å². The standard InChI is InChI=1S/C19H22N2O2S/c1-18-10-11-19(2,21-18)17(16(18)14-7-6-12-20-13-14)24(22,23)15-8-4-3-5-9-15/h3-9,12-13,16-17,21H,10-11H2,1-2H3. The van der Waals surface area contributed by atoms with Crippen molar-refractivity contribution in [3.8, 4) is 0 Å². The molecule has 4 atom stereocenters. The number of benzene rings is 1. The minimum atomic E-state index is -3.45. The normalized spacial score (nSPS) is 35.2. The average Bonchev–Trinajstić information content (AvgIpc) is 3.02. The van der Waals surface area contributed by atoms with E-state index < -0.39 is 20.6 Å². The molecular formula is C19H22N2O2S. The lowest BCUT2D eigenvalue weighted by Gasteiger charge is -2.38. The summed E-state index contributed by atoms with van der Waals surface area (Å²) in [6.07, 6.45) is 5.39. The van der Waals surface area contributed by atoms with Gasteiger partial charge in [0.25, 0.3) is 0 Å². The summed E-state index contributed by atoms with van der Waals surface area (Å²) in [5, 5.41) is 3.16. The highest BCUT2D eigenvalue weighted by atomic mass is 32.2. The molecule has 0 spiro atoms. The van der Waals surface area contributed by atoms with Gasteiger partial charge in [-0.1, -0.05) is 24.3 Å². The summed E-state index contributed by atoms with van der Waals surface area (Å²) in [5.41, 5.74) is 0.370. The first kappa shape index (κ1) is 15.8. The van der Waals surface area contributed by atoms with E-state index >= 15 is 0 Å². The Morgan fingerprint density at radius 1 is 1.04 bits per heavy atom. The van der Waals surface area contributed by atoms with Gasteiger partial charge in [-0.15, -0.1) is 0 Å². The van der Waals surface area contributed by atoms with Crippen molar-refractivity contribution < 1.29 is 8.42 Å². The van der Waals surface area contributed by atoms with Crippen LogP contribution in [0.1, 0.15) is 38.2 Å². The lowest BCUT2D eigenvalue weighted by molar-refractivity contribution is 0.359. The van der Waals surface area contributed by atoms with Crippen molar-refractivity contribution in [1.29, 1.82) is 0 Å². The molecule has 0 radical (unpaired) electrons. The van der Waals surface area contributed by atoms with Gasteiger partial charge in [0.1, 0.15) is 0 Å². The van der Waals surface area contributed by atoms with Gasteiger partial charge in [0.05, 0.1) is 10.1 Å². The maximum atomic E-state index is 13.5. The minimum Gasteiger partial charge on any atom is -0.304 e. The van der Waals surface area contributed by atoms with Gasteiger partial charge >= 0.3 is 0 Å². The molecule has 2 aromatic rings. The van der Waals surface area contributed by atoms with Crippen molar-refractivity contribution in [2.45, 2.75) is 53.8 Å². The summed E-state index contributed by atoms with van der Waals surface area (Å²) < 4.78 is 27.0. The van der Waals surface area contributed by atoms with Gasteiger partial charge in [-0.2, -0.15) is 0 Å². The lowest BCUT2D eigenvalue weighted by atomic mass is 9.72. The highest BCUT2D eigenvalue weighted by Crippen LogP contribution is 2.56. The van der Waals surface area contributed by atoms with E-state index in [1.807, 2.05) is 24.4 Å². The Hall–Kier alpha value is -1.72. The Bertz CT molecular complexity index is 853. The molecule has 4 rings (SSSR count). The van der Waals surface area contributed by atoms with E-state index in [-0.39, 0.29) is 11.5 Å². The van der Waals surface area contributed by atoms with Crippen LogP contribution in [-0.2, 0) is 9.84 Å². The summed E-state index contributed by atoms with van der Waals surface area (Å²) in [5.74, 6) is -0.102. The van der Waals surface area contributed by atoms with Crippen LogP contribution < -0.4 is 5.32 Å². The Morgan fingerprint density at radius 2 is 1.75 bits per heavy atom. The SMILES string of the molecule is CC12CCC(C)(N1)C(S(=O)(=O)c1ccccc1)C2c1cccnc1. The first-order valence-electron chi connectivity index (χ1n) is 8.35. The van der Waals surface area contributed by atoms with Crippen LogP contribution in [0.15, 0.2) is 59.8 Å². The lowest BCUT2D eigenvalue weighted by Crippen LogP contribution is -2.48.